The number of halogens is 2. The zero-order valence-electron chi connectivity index (χ0n) is 13.3. The topological polar surface area (TPSA) is 92.9 Å². The summed E-state index contributed by atoms with van der Waals surface area (Å²) in [5, 5.41) is 9.03. The Kier molecular flexibility index (Phi) is 4.38. The summed E-state index contributed by atoms with van der Waals surface area (Å²) in [5.41, 5.74) is 0.704. The first-order valence-electron chi connectivity index (χ1n) is 7.23. The molecule has 2 aromatic heterocycles. The van der Waals surface area contributed by atoms with Crippen molar-refractivity contribution < 1.29 is 18.1 Å². The van der Waals surface area contributed by atoms with E-state index >= 15 is 0 Å². The second-order valence-electron chi connectivity index (χ2n) is 5.25. The molecule has 1 amide bonds. The quantitative estimate of drug-likeness (QED) is 0.753. The van der Waals surface area contributed by atoms with E-state index in [4.69, 9.17) is 4.52 Å². The van der Waals surface area contributed by atoms with E-state index in [1.807, 2.05) is 0 Å². The van der Waals surface area contributed by atoms with Gasteiger partial charge >= 0.3 is 0 Å². The molecule has 2 heterocycles. The van der Waals surface area contributed by atoms with Crippen LogP contribution in [0.3, 0.4) is 0 Å². The molecule has 0 atom stereocenters. The van der Waals surface area contributed by atoms with Gasteiger partial charge in [0.25, 0.3) is 5.91 Å². The molecule has 2 N–H and O–H groups in total. The Balaban J connectivity index is 1.81. The van der Waals surface area contributed by atoms with Crippen LogP contribution in [0.1, 0.15) is 21.9 Å². The van der Waals surface area contributed by atoms with Crippen LogP contribution in [-0.4, -0.2) is 21.0 Å². The molecular formula is C16H13F2N5O2. The molecule has 9 heteroatoms. The number of benzene rings is 1. The third-order valence-corrected chi connectivity index (χ3v) is 3.13. The van der Waals surface area contributed by atoms with Gasteiger partial charge in [-0.1, -0.05) is 5.16 Å². The van der Waals surface area contributed by atoms with Crippen molar-refractivity contribution in [3.63, 3.8) is 0 Å². The van der Waals surface area contributed by atoms with Crippen LogP contribution in [0.5, 0.6) is 0 Å². The smallest absolute Gasteiger partial charge is 0.274 e. The average Bonchev–Trinajstić information content (AvgIpc) is 2.95. The van der Waals surface area contributed by atoms with Crippen molar-refractivity contribution in [2.75, 3.05) is 10.6 Å². The second-order valence-corrected chi connectivity index (χ2v) is 5.25. The molecule has 0 spiro atoms. The predicted molar refractivity (Wildman–Crippen MR) is 85.6 cm³/mol. The Hall–Kier alpha value is -3.36. The number of hydrogen-bond donors (Lipinski definition) is 2. The summed E-state index contributed by atoms with van der Waals surface area (Å²) in [6, 6.07) is 6.18. The van der Waals surface area contributed by atoms with Gasteiger partial charge in [0.1, 0.15) is 11.5 Å². The normalized spacial score (nSPS) is 10.6. The number of anilines is 3. The molecule has 0 aliphatic heterocycles. The van der Waals surface area contributed by atoms with E-state index in [0.29, 0.717) is 17.3 Å². The Morgan fingerprint density at radius 3 is 2.56 bits per heavy atom. The number of carbonyl (C=O) groups is 1. The maximum Gasteiger partial charge on any atom is 0.274 e. The van der Waals surface area contributed by atoms with Crippen molar-refractivity contribution in [2.45, 2.75) is 13.8 Å². The lowest BCUT2D eigenvalue weighted by atomic mass is 10.2. The highest BCUT2D eigenvalue weighted by Gasteiger charge is 2.13. The Morgan fingerprint density at radius 1 is 1.08 bits per heavy atom. The highest BCUT2D eigenvalue weighted by atomic mass is 19.2. The monoisotopic (exact) mass is 345 g/mol. The van der Waals surface area contributed by atoms with Gasteiger partial charge in [-0.2, -0.15) is 0 Å². The molecule has 0 radical (unpaired) electrons. The van der Waals surface area contributed by atoms with E-state index in [2.05, 4.69) is 25.8 Å². The first-order valence-corrected chi connectivity index (χ1v) is 7.23. The van der Waals surface area contributed by atoms with E-state index in [1.165, 1.54) is 12.1 Å². The lowest BCUT2D eigenvalue weighted by molar-refractivity contribution is 0.102. The third-order valence-electron chi connectivity index (χ3n) is 3.13. The second kappa shape index (κ2) is 6.63. The number of nitrogens with one attached hydrogen (secondary N) is 2. The average molecular weight is 345 g/mol. The third kappa shape index (κ3) is 3.94. The van der Waals surface area contributed by atoms with Gasteiger partial charge in [0.2, 0.25) is 5.95 Å². The van der Waals surface area contributed by atoms with Crippen LogP contribution in [0.15, 0.2) is 34.9 Å². The minimum atomic E-state index is -1.06. The van der Waals surface area contributed by atoms with Crippen molar-refractivity contribution in [1.29, 1.82) is 0 Å². The molecule has 0 fully saturated rings. The van der Waals surface area contributed by atoms with Gasteiger partial charge in [-0.15, -0.1) is 0 Å². The van der Waals surface area contributed by atoms with E-state index < -0.39 is 17.5 Å². The zero-order chi connectivity index (χ0) is 18.0. The summed E-state index contributed by atoms with van der Waals surface area (Å²) in [6.45, 7) is 3.42. The lowest BCUT2D eigenvalue weighted by Crippen LogP contribution is -2.15. The minimum absolute atomic E-state index is 0.0555. The standard InChI is InChI=1S/C16H13F2N5O2/c1-8-5-13(15(24)20-10-3-4-11(17)12(18)7-10)21-16(19-8)22-14-6-9(2)25-23-14/h3-7H,1-2H3,(H,20,24)(H,19,21,22,23). The fourth-order valence-corrected chi connectivity index (χ4v) is 2.05. The molecule has 0 aliphatic carbocycles. The molecule has 3 rings (SSSR count). The van der Waals surface area contributed by atoms with E-state index in [-0.39, 0.29) is 17.3 Å². The molecule has 1 aromatic carbocycles. The Bertz CT molecular complexity index is 942. The van der Waals surface area contributed by atoms with E-state index in [9.17, 15) is 13.6 Å². The molecule has 25 heavy (non-hydrogen) atoms. The van der Waals surface area contributed by atoms with Crippen LogP contribution in [0.2, 0.25) is 0 Å². The van der Waals surface area contributed by atoms with Crippen molar-refractivity contribution >= 4 is 23.4 Å². The van der Waals surface area contributed by atoms with Crippen LogP contribution < -0.4 is 10.6 Å². The van der Waals surface area contributed by atoms with Gasteiger partial charge < -0.3 is 15.2 Å². The number of aryl methyl sites for hydroxylation is 2. The first-order chi connectivity index (χ1) is 11.9. The number of nitrogens with zero attached hydrogens (tertiary/aromatic N) is 3. The van der Waals surface area contributed by atoms with Gasteiger partial charge in [-0.25, -0.2) is 18.7 Å². The summed E-state index contributed by atoms with van der Waals surface area (Å²) in [4.78, 5) is 20.5. The predicted octanol–water partition coefficient (Wildman–Crippen LogP) is 3.36. The fourth-order valence-electron chi connectivity index (χ4n) is 2.05. The molecule has 0 saturated carbocycles. The summed E-state index contributed by atoms with van der Waals surface area (Å²) in [7, 11) is 0. The Morgan fingerprint density at radius 2 is 1.88 bits per heavy atom. The van der Waals surface area contributed by atoms with Crippen molar-refractivity contribution in [1.82, 2.24) is 15.1 Å². The molecule has 0 saturated heterocycles. The first kappa shape index (κ1) is 16.5. The number of aromatic nitrogens is 3. The van der Waals surface area contributed by atoms with Crippen LogP contribution in [0.25, 0.3) is 0 Å². The highest BCUT2D eigenvalue weighted by molar-refractivity contribution is 6.03. The Labute approximate surface area is 141 Å². The lowest BCUT2D eigenvalue weighted by Gasteiger charge is -2.08. The largest absolute Gasteiger partial charge is 0.360 e. The van der Waals surface area contributed by atoms with Crippen molar-refractivity contribution in [3.05, 3.63) is 59.1 Å². The van der Waals surface area contributed by atoms with Crippen LogP contribution in [0, 0.1) is 25.5 Å². The SMILES string of the molecule is Cc1cc(C(=O)Nc2ccc(F)c(F)c2)nc(Nc2cc(C)on2)n1. The van der Waals surface area contributed by atoms with Crippen molar-refractivity contribution in [3.8, 4) is 0 Å². The molecule has 128 valence electrons. The minimum Gasteiger partial charge on any atom is -0.360 e. The van der Waals surface area contributed by atoms with Gasteiger partial charge in [0.15, 0.2) is 17.5 Å². The summed E-state index contributed by atoms with van der Waals surface area (Å²) in [6.07, 6.45) is 0. The van der Waals surface area contributed by atoms with Gasteiger partial charge in [-0.3, -0.25) is 4.79 Å². The number of amides is 1. The molecule has 7 nitrogen and oxygen atoms in total. The molecule has 3 aromatic rings. The van der Waals surface area contributed by atoms with Crippen LogP contribution in [0.4, 0.5) is 26.2 Å². The van der Waals surface area contributed by atoms with Crippen LogP contribution in [-0.2, 0) is 0 Å². The summed E-state index contributed by atoms with van der Waals surface area (Å²) in [5.74, 6) is -1.48. The van der Waals surface area contributed by atoms with Gasteiger partial charge in [0.05, 0.1) is 0 Å². The van der Waals surface area contributed by atoms with Crippen molar-refractivity contribution in [2.24, 2.45) is 0 Å². The van der Waals surface area contributed by atoms with E-state index in [0.717, 1.165) is 12.1 Å². The molecule has 0 aliphatic rings. The summed E-state index contributed by atoms with van der Waals surface area (Å²) >= 11 is 0. The van der Waals surface area contributed by atoms with E-state index in [1.54, 1.807) is 19.9 Å². The zero-order valence-corrected chi connectivity index (χ0v) is 13.3. The molecule has 0 unspecified atom stereocenters. The number of carbonyl (C=O) groups excluding carboxylic acids is 1. The fraction of sp³-hybridized carbons (Fsp3) is 0.125. The molecule has 0 bridgehead atoms. The summed E-state index contributed by atoms with van der Waals surface area (Å²) < 4.78 is 31.1. The molecular weight excluding hydrogens is 332 g/mol. The maximum atomic E-state index is 13.2. The van der Waals surface area contributed by atoms with Crippen LogP contribution >= 0.6 is 0 Å². The number of rotatable bonds is 4. The maximum absolute atomic E-state index is 13.2. The number of hydrogen-bond acceptors (Lipinski definition) is 6. The highest BCUT2D eigenvalue weighted by Crippen LogP contribution is 2.16. The van der Waals surface area contributed by atoms with Gasteiger partial charge in [0, 0.05) is 23.5 Å². The van der Waals surface area contributed by atoms with Gasteiger partial charge in [-0.05, 0) is 32.0 Å².